The van der Waals surface area contributed by atoms with E-state index in [1.54, 1.807) is 24.3 Å². The minimum Gasteiger partial charge on any atom is -0.480 e. The van der Waals surface area contributed by atoms with Crippen LogP contribution in [-0.4, -0.2) is 39.9 Å². The molecule has 1 aliphatic rings. The normalized spacial score (nSPS) is 14.3. The molecule has 1 aliphatic carbocycles. The van der Waals surface area contributed by atoms with Crippen LogP contribution < -0.4 is 5.32 Å². The highest BCUT2D eigenvalue weighted by Crippen LogP contribution is 2.20. The van der Waals surface area contributed by atoms with Gasteiger partial charge in [-0.1, -0.05) is 30.3 Å². The lowest BCUT2D eigenvalue weighted by Gasteiger charge is -2.27. The van der Waals surface area contributed by atoms with E-state index in [4.69, 9.17) is 0 Å². The second-order valence-corrected chi connectivity index (χ2v) is 6.76. The third-order valence-corrected chi connectivity index (χ3v) is 4.59. The second-order valence-electron chi connectivity index (χ2n) is 6.76. The molecular weight excluding hydrogens is 344 g/mol. The van der Waals surface area contributed by atoms with Crippen molar-refractivity contribution in [3.8, 4) is 0 Å². The smallest absolute Gasteiger partial charge is 0.326 e. The molecule has 6 nitrogen and oxygen atoms in total. The Morgan fingerprint density at radius 1 is 1.04 bits per heavy atom. The van der Waals surface area contributed by atoms with Gasteiger partial charge < -0.3 is 15.3 Å². The quantitative estimate of drug-likeness (QED) is 0.789. The van der Waals surface area contributed by atoms with Crippen molar-refractivity contribution in [2.45, 2.75) is 38.4 Å². The van der Waals surface area contributed by atoms with Crippen molar-refractivity contribution >= 4 is 17.8 Å². The van der Waals surface area contributed by atoms with Gasteiger partial charge in [0.25, 0.3) is 11.8 Å². The van der Waals surface area contributed by atoms with Gasteiger partial charge in [-0.2, -0.15) is 0 Å². The maximum absolute atomic E-state index is 12.9. The Hall–Kier alpha value is -3.15. The van der Waals surface area contributed by atoms with Gasteiger partial charge in [-0.15, -0.1) is 0 Å². The number of hydrogen-bond acceptors (Lipinski definition) is 3. The molecule has 1 saturated carbocycles. The lowest BCUT2D eigenvalue weighted by atomic mass is 10.1. The number of benzene rings is 2. The zero-order valence-corrected chi connectivity index (χ0v) is 15.1. The van der Waals surface area contributed by atoms with Crippen LogP contribution in [0.1, 0.15) is 46.0 Å². The minimum absolute atomic E-state index is 0.156. The summed E-state index contributed by atoms with van der Waals surface area (Å²) in [4.78, 5) is 37.8. The van der Waals surface area contributed by atoms with Crippen LogP contribution in [0, 0.1) is 0 Å². The summed E-state index contributed by atoms with van der Waals surface area (Å²) in [5, 5.41) is 12.3. The average Bonchev–Trinajstić information content (AvgIpc) is 3.50. The van der Waals surface area contributed by atoms with Crippen LogP contribution in [0.15, 0.2) is 54.6 Å². The van der Waals surface area contributed by atoms with Gasteiger partial charge in [0, 0.05) is 23.7 Å². The Bertz CT molecular complexity index is 829. The summed E-state index contributed by atoms with van der Waals surface area (Å²) in [6.07, 6.45) is 2.01. The molecule has 2 aromatic rings. The summed E-state index contributed by atoms with van der Waals surface area (Å²) in [5.41, 5.74) is 1.68. The molecule has 1 unspecified atom stereocenters. The molecule has 0 aliphatic heterocycles. The van der Waals surface area contributed by atoms with Gasteiger partial charge in [0.1, 0.15) is 6.04 Å². The van der Waals surface area contributed by atoms with Crippen molar-refractivity contribution in [3.63, 3.8) is 0 Å². The average molecular weight is 366 g/mol. The van der Waals surface area contributed by atoms with E-state index in [1.165, 1.54) is 11.8 Å². The van der Waals surface area contributed by atoms with E-state index in [-0.39, 0.29) is 24.4 Å². The number of hydrogen-bond donors (Lipinski definition) is 2. The molecule has 0 radical (unpaired) electrons. The molecule has 3 rings (SSSR count). The third-order valence-electron chi connectivity index (χ3n) is 4.59. The molecule has 27 heavy (non-hydrogen) atoms. The number of carboxylic acids is 1. The number of rotatable bonds is 7. The standard InChI is InChI=1S/C21H22N2O4/c1-14(21(26)27)23(13-15-5-3-2-4-6-15)20(25)17-9-7-16(8-10-17)19(24)22-18-11-12-18/h2-10,14,18H,11-13H2,1H3,(H,22,24)(H,26,27). The van der Waals surface area contributed by atoms with E-state index >= 15 is 0 Å². The molecule has 2 aromatic carbocycles. The van der Waals surface area contributed by atoms with E-state index in [0.717, 1.165) is 18.4 Å². The maximum Gasteiger partial charge on any atom is 0.326 e. The lowest BCUT2D eigenvalue weighted by Crippen LogP contribution is -2.42. The monoisotopic (exact) mass is 366 g/mol. The molecule has 1 atom stereocenters. The summed E-state index contributed by atoms with van der Waals surface area (Å²) in [5.74, 6) is -1.61. The maximum atomic E-state index is 12.9. The van der Waals surface area contributed by atoms with Gasteiger partial charge in [0.2, 0.25) is 0 Å². The van der Waals surface area contributed by atoms with Crippen LogP contribution in [0.3, 0.4) is 0 Å². The topological polar surface area (TPSA) is 86.7 Å². The number of carboxylic acid groups (broad SMARTS) is 1. The molecule has 2 amide bonds. The van der Waals surface area contributed by atoms with Gasteiger partial charge in [0.05, 0.1) is 0 Å². The van der Waals surface area contributed by atoms with E-state index in [1.807, 2.05) is 30.3 Å². The zero-order chi connectivity index (χ0) is 19.4. The highest BCUT2D eigenvalue weighted by Gasteiger charge is 2.27. The van der Waals surface area contributed by atoms with Crippen LogP contribution in [0.4, 0.5) is 0 Å². The highest BCUT2D eigenvalue weighted by molar-refractivity contribution is 5.99. The first-order chi connectivity index (χ1) is 13.0. The third kappa shape index (κ3) is 4.73. The Morgan fingerprint density at radius 2 is 1.63 bits per heavy atom. The molecule has 0 spiro atoms. The van der Waals surface area contributed by atoms with Crippen molar-refractivity contribution < 1.29 is 19.5 Å². The van der Waals surface area contributed by atoms with Gasteiger partial charge >= 0.3 is 5.97 Å². The number of carbonyl (C=O) groups is 3. The Labute approximate surface area is 157 Å². The molecule has 6 heteroatoms. The van der Waals surface area contributed by atoms with Crippen molar-refractivity contribution in [2.24, 2.45) is 0 Å². The van der Waals surface area contributed by atoms with E-state index in [0.29, 0.717) is 11.1 Å². The summed E-state index contributed by atoms with van der Waals surface area (Å²) in [6, 6.07) is 14.9. The molecular formula is C21H22N2O4. The fraction of sp³-hybridized carbons (Fsp3) is 0.286. The highest BCUT2D eigenvalue weighted by atomic mass is 16.4. The molecule has 1 fully saturated rings. The fourth-order valence-electron chi connectivity index (χ4n) is 2.72. The SMILES string of the molecule is CC(C(=O)O)N(Cc1ccccc1)C(=O)c1ccc(C(=O)NC2CC2)cc1. The summed E-state index contributed by atoms with van der Waals surface area (Å²) >= 11 is 0. The van der Waals surface area contributed by atoms with Gasteiger partial charge in [-0.25, -0.2) is 4.79 Å². The van der Waals surface area contributed by atoms with Crippen LogP contribution in [0.25, 0.3) is 0 Å². The van der Waals surface area contributed by atoms with Crippen molar-refractivity contribution in [3.05, 3.63) is 71.3 Å². The predicted molar refractivity (Wildman–Crippen MR) is 100 cm³/mol. The van der Waals surface area contributed by atoms with Crippen LogP contribution in [0.2, 0.25) is 0 Å². The number of nitrogens with zero attached hydrogens (tertiary/aromatic N) is 1. The van der Waals surface area contributed by atoms with Crippen molar-refractivity contribution in [2.75, 3.05) is 0 Å². The second kappa shape index (κ2) is 8.03. The van der Waals surface area contributed by atoms with E-state index in [2.05, 4.69) is 5.32 Å². The first-order valence-corrected chi connectivity index (χ1v) is 8.94. The first kappa shape index (κ1) is 18.6. The minimum atomic E-state index is -1.07. The van der Waals surface area contributed by atoms with Gasteiger partial charge in [-0.05, 0) is 49.6 Å². The van der Waals surface area contributed by atoms with Crippen molar-refractivity contribution in [1.82, 2.24) is 10.2 Å². The first-order valence-electron chi connectivity index (χ1n) is 8.94. The largest absolute Gasteiger partial charge is 0.480 e. The predicted octanol–water partition coefficient (Wildman–Crippen LogP) is 2.69. The van der Waals surface area contributed by atoms with Crippen molar-refractivity contribution in [1.29, 1.82) is 0 Å². The Morgan fingerprint density at radius 3 is 2.19 bits per heavy atom. The summed E-state index contributed by atoms with van der Waals surface area (Å²) in [7, 11) is 0. The molecule has 0 bridgehead atoms. The summed E-state index contributed by atoms with van der Waals surface area (Å²) < 4.78 is 0. The summed E-state index contributed by atoms with van der Waals surface area (Å²) in [6.45, 7) is 1.68. The Kier molecular flexibility index (Phi) is 5.54. The lowest BCUT2D eigenvalue weighted by molar-refractivity contribution is -0.141. The number of amides is 2. The molecule has 2 N–H and O–H groups in total. The van der Waals surface area contributed by atoms with Crippen LogP contribution >= 0.6 is 0 Å². The molecule has 0 saturated heterocycles. The number of nitrogens with one attached hydrogen (secondary N) is 1. The number of aliphatic carboxylic acids is 1. The van der Waals surface area contributed by atoms with Crippen LogP contribution in [-0.2, 0) is 11.3 Å². The molecule has 0 heterocycles. The van der Waals surface area contributed by atoms with E-state index < -0.39 is 12.0 Å². The molecule has 140 valence electrons. The molecule has 0 aromatic heterocycles. The van der Waals surface area contributed by atoms with Gasteiger partial charge in [0.15, 0.2) is 0 Å². The van der Waals surface area contributed by atoms with E-state index in [9.17, 15) is 19.5 Å². The Balaban J connectivity index is 1.78. The fourth-order valence-corrected chi connectivity index (χ4v) is 2.72. The zero-order valence-electron chi connectivity index (χ0n) is 15.1. The van der Waals surface area contributed by atoms with Gasteiger partial charge in [-0.3, -0.25) is 9.59 Å². The van der Waals surface area contributed by atoms with Crippen LogP contribution in [0.5, 0.6) is 0 Å². The number of carbonyl (C=O) groups excluding carboxylic acids is 2.